The third kappa shape index (κ3) is 9.39. The Kier molecular flexibility index (Phi) is 13.1. The molecule has 324 valence electrons. The predicted octanol–water partition coefficient (Wildman–Crippen LogP) is 14.8. The molecule has 3 aromatic heterocycles. The second-order valence-electron chi connectivity index (χ2n) is 16.4. The number of nitrogens with zero attached hydrogens (tertiary/aromatic N) is 2. The maximum absolute atomic E-state index is 6.10. The molecule has 7 heteroatoms. The summed E-state index contributed by atoms with van der Waals surface area (Å²) < 4.78 is 18.3. The standard InChI is InChI=1S/C58H54N4O3/c1-5-9-36-63-44-22-16-41(17-23-44)56-49-30-28-47(59-49)55(40-14-12-39(8-4)13-15-40)48-29-31-50(60-48)57(42-18-24-45(25-19-42)64-37-10-6-2)52-33-35-54(62-52)58(53-34-32-51(56)61-53)43-20-26-46(27-21-43)65-38-11-7-3/h4,12-35,59,62H,5-7,9-11,36-38H2,1-3H3. The lowest BCUT2D eigenvalue weighted by molar-refractivity contribution is 0.309. The highest BCUT2D eigenvalue weighted by Crippen LogP contribution is 2.39. The van der Waals surface area contributed by atoms with Crippen LogP contribution in [0.2, 0.25) is 0 Å². The molecule has 4 aromatic carbocycles. The molecule has 2 N–H and O–H groups in total. The predicted molar refractivity (Wildman–Crippen MR) is 270 cm³/mol. The maximum Gasteiger partial charge on any atom is 0.119 e. The van der Waals surface area contributed by atoms with E-state index in [-0.39, 0.29) is 0 Å². The van der Waals surface area contributed by atoms with Crippen LogP contribution in [0.4, 0.5) is 0 Å². The van der Waals surface area contributed by atoms with Gasteiger partial charge in [0.1, 0.15) is 17.2 Å². The van der Waals surface area contributed by atoms with Crippen LogP contribution in [0.15, 0.2) is 121 Å². The van der Waals surface area contributed by atoms with Crippen molar-refractivity contribution in [3.05, 3.63) is 150 Å². The van der Waals surface area contributed by atoms with E-state index in [1.165, 1.54) is 0 Å². The lowest BCUT2D eigenvalue weighted by Gasteiger charge is -2.09. The first-order chi connectivity index (χ1) is 32.0. The number of hydrogen-bond acceptors (Lipinski definition) is 5. The molecule has 0 aliphatic carbocycles. The van der Waals surface area contributed by atoms with Gasteiger partial charge in [0.15, 0.2) is 0 Å². The lowest BCUT2D eigenvalue weighted by Crippen LogP contribution is -1.96. The van der Waals surface area contributed by atoms with Gasteiger partial charge in [0.2, 0.25) is 0 Å². The number of rotatable bonds is 16. The molecule has 0 unspecified atom stereocenters. The Morgan fingerprint density at radius 3 is 0.938 bits per heavy atom. The number of aromatic nitrogens is 4. The summed E-state index contributed by atoms with van der Waals surface area (Å²) in [7, 11) is 0. The summed E-state index contributed by atoms with van der Waals surface area (Å²) in [5.74, 6) is 5.31. The van der Waals surface area contributed by atoms with Crippen LogP contribution >= 0.6 is 0 Å². The van der Waals surface area contributed by atoms with Gasteiger partial charge in [0.25, 0.3) is 0 Å². The Bertz CT molecular complexity index is 3000. The van der Waals surface area contributed by atoms with Crippen LogP contribution in [0.1, 0.15) is 87.6 Å². The monoisotopic (exact) mass is 854 g/mol. The summed E-state index contributed by atoms with van der Waals surface area (Å²) in [4.78, 5) is 18.6. The number of ether oxygens (including phenoxy) is 3. The van der Waals surface area contributed by atoms with Crippen molar-refractivity contribution in [3.8, 4) is 74.1 Å². The van der Waals surface area contributed by atoms with Crippen molar-refractivity contribution in [3.63, 3.8) is 0 Å². The molecule has 5 heterocycles. The summed E-state index contributed by atoms with van der Waals surface area (Å²) in [6.45, 7) is 8.57. The van der Waals surface area contributed by atoms with E-state index in [9.17, 15) is 0 Å². The number of benzene rings is 4. The van der Waals surface area contributed by atoms with Crippen LogP contribution in [0, 0.1) is 12.3 Å². The van der Waals surface area contributed by atoms with Crippen molar-refractivity contribution < 1.29 is 14.2 Å². The molecule has 8 bridgehead atoms. The van der Waals surface area contributed by atoms with Crippen LogP contribution in [-0.2, 0) is 0 Å². The van der Waals surface area contributed by atoms with Crippen LogP contribution in [0.3, 0.4) is 0 Å². The van der Waals surface area contributed by atoms with Crippen molar-refractivity contribution in [1.82, 2.24) is 19.9 Å². The Hall–Kier alpha value is -7.56. The number of terminal acetylenes is 1. The molecule has 2 aliphatic heterocycles. The Morgan fingerprint density at radius 2 is 0.677 bits per heavy atom. The minimum absolute atomic E-state index is 0.684. The molecule has 9 rings (SSSR count). The maximum atomic E-state index is 6.10. The van der Waals surface area contributed by atoms with E-state index in [2.05, 4.69) is 146 Å². The van der Waals surface area contributed by atoms with Crippen LogP contribution in [-0.4, -0.2) is 39.8 Å². The van der Waals surface area contributed by atoms with Gasteiger partial charge in [-0.3, -0.25) is 0 Å². The van der Waals surface area contributed by atoms with Gasteiger partial charge in [-0.2, -0.15) is 0 Å². The average Bonchev–Trinajstić information content (AvgIpc) is 4.20. The SMILES string of the molecule is C#Cc1ccc(-c2c3nc(c(-c4ccc(OCCCC)cc4)c4ccc([nH]4)c(-c4ccc(OCCCC)cc4)c4nc(c(-c5ccc(OCCCC)cc5)c5ccc2[nH]5)C=C4)C=C3)cc1. The van der Waals surface area contributed by atoms with Crippen LogP contribution in [0.5, 0.6) is 17.2 Å². The van der Waals surface area contributed by atoms with Crippen LogP contribution in [0.25, 0.3) is 90.9 Å². The topological polar surface area (TPSA) is 85.1 Å². The summed E-state index contributed by atoms with van der Waals surface area (Å²) in [5.41, 5.74) is 15.8. The van der Waals surface area contributed by atoms with Gasteiger partial charge in [0.05, 0.1) is 42.6 Å². The molecule has 0 saturated heterocycles. The van der Waals surface area contributed by atoms with Gasteiger partial charge in [0, 0.05) is 49.9 Å². The highest BCUT2D eigenvalue weighted by atomic mass is 16.5. The summed E-state index contributed by atoms with van der Waals surface area (Å²) in [6, 6.07) is 41.7. The van der Waals surface area contributed by atoms with Gasteiger partial charge in [-0.15, -0.1) is 6.42 Å². The Labute approximate surface area is 381 Å². The number of H-pyrrole nitrogens is 2. The first-order valence-electron chi connectivity index (χ1n) is 23.0. The summed E-state index contributed by atoms with van der Waals surface area (Å²) in [6.07, 6.45) is 20.5. The lowest BCUT2D eigenvalue weighted by atomic mass is 10.0. The second kappa shape index (κ2) is 19.9. The van der Waals surface area contributed by atoms with Crippen molar-refractivity contribution in [2.75, 3.05) is 19.8 Å². The van der Waals surface area contributed by atoms with Crippen molar-refractivity contribution >= 4 is 46.4 Å². The van der Waals surface area contributed by atoms with E-state index in [0.29, 0.717) is 19.8 Å². The van der Waals surface area contributed by atoms with E-state index < -0.39 is 0 Å². The molecular formula is C58H54N4O3. The zero-order chi connectivity index (χ0) is 44.5. The van der Waals surface area contributed by atoms with E-state index in [1.807, 2.05) is 36.4 Å². The largest absolute Gasteiger partial charge is 0.494 e. The highest BCUT2D eigenvalue weighted by Gasteiger charge is 2.19. The molecular weight excluding hydrogens is 801 g/mol. The molecule has 2 aliphatic rings. The van der Waals surface area contributed by atoms with Crippen molar-refractivity contribution in [2.24, 2.45) is 0 Å². The van der Waals surface area contributed by atoms with E-state index in [4.69, 9.17) is 30.6 Å². The van der Waals surface area contributed by atoms with Gasteiger partial charge in [-0.1, -0.05) is 94.5 Å². The van der Waals surface area contributed by atoms with Gasteiger partial charge >= 0.3 is 0 Å². The number of unbranched alkanes of at least 4 members (excludes halogenated alkanes) is 3. The van der Waals surface area contributed by atoms with Gasteiger partial charge in [-0.05, 0) is 139 Å². The molecule has 7 nitrogen and oxygen atoms in total. The molecule has 65 heavy (non-hydrogen) atoms. The second-order valence-corrected chi connectivity index (χ2v) is 16.4. The third-order valence-corrected chi connectivity index (χ3v) is 11.8. The molecule has 0 amide bonds. The molecule has 0 saturated carbocycles. The van der Waals surface area contributed by atoms with Gasteiger partial charge in [-0.25, -0.2) is 9.97 Å². The van der Waals surface area contributed by atoms with Crippen molar-refractivity contribution in [1.29, 1.82) is 0 Å². The molecule has 7 aromatic rings. The number of hydrogen-bond donors (Lipinski definition) is 2. The van der Waals surface area contributed by atoms with E-state index in [0.717, 1.165) is 151 Å². The summed E-state index contributed by atoms with van der Waals surface area (Å²) >= 11 is 0. The number of nitrogens with one attached hydrogen (secondary N) is 2. The van der Waals surface area contributed by atoms with Crippen LogP contribution < -0.4 is 14.2 Å². The normalized spacial score (nSPS) is 11.7. The molecule has 0 fully saturated rings. The van der Waals surface area contributed by atoms with E-state index in [1.54, 1.807) is 0 Å². The smallest absolute Gasteiger partial charge is 0.119 e. The quantitative estimate of drug-likeness (QED) is 0.0747. The first kappa shape index (κ1) is 42.7. The Morgan fingerprint density at radius 1 is 0.400 bits per heavy atom. The fourth-order valence-corrected chi connectivity index (χ4v) is 8.31. The zero-order valence-corrected chi connectivity index (χ0v) is 37.4. The molecule has 0 radical (unpaired) electrons. The third-order valence-electron chi connectivity index (χ3n) is 11.8. The Balaban J connectivity index is 1.33. The average molecular weight is 855 g/mol. The number of aromatic amines is 2. The minimum Gasteiger partial charge on any atom is -0.494 e. The highest BCUT2D eigenvalue weighted by molar-refractivity contribution is 6.00. The fourth-order valence-electron chi connectivity index (χ4n) is 8.31. The van der Waals surface area contributed by atoms with Gasteiger partial charge < -0.3 is 24.2 Å². The minimum atomic E-state index is 0.684. The zero-order valence-electron chi connectivity index (χ0n) is 37.4. The van der Waals surface area contributed by atoms with E-state index >= 15 is 0 Å². The van der Waals surface area contributed by atoms with Crippen molar-refractivity contribution in [2.45, 2.75) is 59.3 Å². The number of fused-ring (bicyclic) bond motifs is 8. The molecule has 0 spiro atoms. The summed E-state index contributed by atoms with van der Waals surface area (Å²) in [5, 5.41) is 0. The first-order valence-corrected chi connectivity index (χ1v) is 23.0. The molecule has 0 atom stereocenters. The fraction of sp³-hybridized carbons (Fsp3) is 0.207.